The van der Waals surface area contributed by atoms with Gasteiger partial charge in [0.2, 0.25) is 10.0 Å². The molecule has 1 aromatic rings. The Morgan fingerprint density at radius 3 is 2.60 bits per heavy atom. The molecule has 0 radical (unpaired) electrons. The Morgan fingerprint density at radius 1 is 1.40 bits per heavy atom. The molecule has 0 amide bonds. The second-order valence-electron chi connectivity index (χ2n) is 5.45. The van der Waals surface area contributed by atoms with Crippen LogP contribution in [-0.2, 0) is 10.0 Å². The number of rotatable bonds is 5. The summed E-state index contributed by atoms with van der Waals surface area (Å²) in [6.07, 6.45) is -0.210. The molecular weight excluding hydrogens is 282 g/mol. The Hall–Kier alpha value is -1.34. The number of aryl methyl sites for hydroxylation is 1. The monoisotopic (exact) mass is 301 g/mol. The minimum absolute atomic E-state index is 0.0985. The maximum Gasteiger partial charge on any atom is 0.339 e. The van der Waals surface area contributed by atoms with E-state index in [1.165, 1.54) is 10.4 Å². The van der Waals surface area contributed by atoms with Crippen LogP contribution in [0, 0.1) is 12.8 Å². The van der Waals surface area contributed by atoms with Crippen LogP contribution in [0.3, 0.4) is 0 Å². The number of hydrogen-bond acceptors (Lipinski definition) is 5. The minimum atomic E-state index is -3.19. The zero-order chi connectivity index (χ0) is 14.9. The molecular formula is C13H19NO5S. The molecule has 2 heterocycles. The average Bonchev–Trinajstić information content (AvgIpc) is 2.18. The lowest BCUT2D eigenvalue weighted by Gasteiger charge is -2.38. The van der Waals surface area contributed by atoms with Gasteiger partial charge in [-0.3, -0.25) is 0 Å². The van der Waals surface area contributed by atoms with E-state index >= 15 is 0 Å². The normalized spacial score (nSPS) is 17.2. The molecule has 0 bridgehead atoms. The fourth-order valence-corrected chi connectivity index (χ4v) is 3.91. The Kier molecular flexibility index (Phi) is 4.19. The van der Waals surface area contributed by atoms with E-state index in [9.17, 15) is 13.2 Å². The predicted octanol–water partition coefficient (Wildman–Crippen LogP) is 0.997. The second kappa shape index (κ2) is 5.57. The van der Waals surface area contributed by atoms with Crippen LogP contribution in [-0.4, -0.2) is 37.7 Å². The van der Waals surface area contributed by atoms with Gasteiger partial charge in [-0.15, -0.1) is 0 Å². The number of nitrogens with zero attached hydrogens (tertiary/aromatic N) is 1. The standard InChI is InChI=1S/C13H19NO5S/c1-9(2)8-20(16,17)14-6-12(7-14)19-11-4-10(3)18-13(15)5-11/h4-5,9,12H,6-8H2,1-3H3. The van der Waals surface area contributed by atoms with Crippen LogP contribution < -0.4 is 10.4 Å². The summed E-state index contributed by atoms with van der Waals surface area (Å²) >= 11 is 0. The molecule has 20 heavy (non-hydrogen) atoms. The van der Waals surface area contributed by atoms with Crippen molar-refractivity contribution in [3.8, 4) is 5.75 Å². The Labute approximate surface area is 118 Å². The summed E-state index contributed by atoms with van der Waals surface area (Å²) in [5.74, 6) is 1.13. The first-order chi connectivity index (χ1) is 9.26. The molecule has 1 aliphatic rings. The lowest BCUT2D eigenvalue weighted by Crippen LogP contribution is -2.56. The van der Waals surface area contributed by atoms with Crippen LogP contribution in [0.4, 0.5) is 0 Å². The van der Waals surface area contributed by atoms with Gasteiger partial charge >= 0.3 is 5.63 Å². The molecule has 112 valence electrons. The van der Waals surface area contributed by atoms with E-state index in [4.69, 9.17) is 9.15 Å². The van der Waals surface area contributed by atoms with Gasteiger partial charge < -0.3 is 9.15 Å². The highest BCUT2D eigenvalue weighted by molar-refractivity contribution is 7.89. The van der Waals surface area contributed by atoms with Gasteiger partial charge in [0.05, 0.1) is 24.9 Å². The van der Waals surface area contributed by atoms with E-state index < -0.39 is 15.6 Å². The molecule has 1 aromatic heterocycles. The van der Waals surface area contributed by atoms with Gasteiger partial charge in [-0.25, -0.2) is 13.2 Å². The molecule has 6 nitrogen and oxygen atoms in total. The van der Waals surface area contributed by atoms with Crippen LogP contribution in [0.25, 0.3) is 0 Å². The van der Waals surface area contributed by atoms with Crippen LogP contribution in [0.1, 0.15) is 19.6 Å². The average molecular weight is 301 g/mol. The van der Waals surface area contributed by atoms with Crippen molar-refractivity contribution in [2.75, 3.05) is 18.8 Å². The second-order valence-corrected chi connectivity index (χ2v) is 7.47. The summed E-state index contributed by atoms with van der Waals surface area (Å²) < 4.78 is 35.7. The molecule has 0 aliphatic carbocycles. The zero-order valence-corrected chi connectivity index (χ0v) is 12.6. The molecule has 1 fully saturated rings. The highest BCUT2D eigenvalue weighted by atomic mass is 32.2. The molecule has 1 aliphatic heterocycles. The SMILES string of the molecule is Cc1cc(OC2CN(S(=O)(=O)CC(C)C)C2)cc(=O)o1. The molecule has 0 N–H and O–H groups in total. The summed E-state index contributed by atoms with van der Waals surface area (Å²) in [5, 5.41) is 0. The van der Waals surface area contributed by atoms with Gasteiger partial charge in [-0.1, -0.05) is 13.8 Å². The Bertz CT molecular complexity index is 628. The molecule has 0 saturated carbocycles. The van der Waals surface area contributed by atoms with Crippen molar-refractivity contribution < 1.29 is 17.6 Å². The summed E-state index contributed by atoms with van der Waals surface area (Å²) in [4.78, 5) is 11.2. The van der Waals surface area contributed by atoms with Gasteiger partial charge in [0.1, 0.15) is 17.6 Å². The zero-order valence-electron chi connectivity index (χ0n) is 11.8. The highest BCUT2D eigenvalue weighted by Gasteiger charge is 2.37. The first kappa shape index (κ1) is 15.1. The maximum atomic E-state index is 11.9. The van der Waals surface area contributed by atoms with Crippen molar-refractivity contribution in [3.05, 3.63) is 28.3 Å². The molecule has 0 spiro atoms. The van der Waals surface area contributed by atoms with E-state index in [1.807, 2.05) is 13.8 Å². The number of hydrogen-bond donors (Lipinski definition) is 0. The fourth-order valence-electron chi connectivity index (χ4n) is 2.07. The molecule has 1 saturated heterocycles. The quantitative estimate of drug-likeness (QED) is 0.811. The van der Waals surface area contributed by atoms with Crippen molar-refractivity contribution in [2.24, 2.45) is 5.92 Å². The van der Waals surface area contributed by atoms with Crippen molar-refractivity contribution >= 4 is 10.0 Å². The van der Waals surface area contributed by atoms with E-state index in [1.54, 1.807) is 13.0 Å². The first-order valence-corrected chi connectivity index (χ1v) is 8.13. The molecule has 7 heteroatoms. The summed E-state index contributed by atoms with van der Waals surface area (Å²) in [7, 11) is -3.19. The van der Waals surface area contributed by atoms with Gasteiger partial charge in [-0.2, -0.15) is 4.31 Å². The lowest BCUT2D eigenvalue weighted by molar-refractivity contribution is 0.0752. The number of sulfonamides is 1. The maximum absolute atomic E-state index is 11.9. The van der Waals surface area contributed by atoms with Gasteiger partial charge in [0.25, 0.3) is 0 Å². The Morgan fingerprint density at radius 2 is 2.05 bits per heavy atom. The van der Waals surface area contributed by atoms with Crippen molar-refractivity contribution in [1.29, 1.82) is 0 Å². The smallest absolute Gasteiger partial charge is 0.339 e. The van der Waals surface area contributed by atoms with Gasteiger partial charge in [-0.05, 0) is 12.8 Å². The third-order valence-electron chi connectivity index (χ3n) is 2.92. The first-order valence-electron chi connectivity index (χ1n) is 6.52. The molecule has 0 unspecified atom stereocenters. The molecule has 2 rings (SSSR count). The molecule has 0 atom stereocenters. The van der Waals surface area contributed by atoms with Gasteiger partial charge in [0, 0.05) is 6.07 Å². The van der Waals surface area contributed by atoms with Crippen LogP contribution >= 0.6 is 0 Å². The van der Waals surface area contributed by atoms with Crippen LogP contribution in [0.5, 0.6) is 5.75 Å². The molecule has 0 aromatic carbocycles. The van der Waals surface area contributed by atoms with Crippen LogP contribution in [0.15, 0.2) is 21.3 Å². The van der Waals surface area contributed by atoms with E-state index in [0.29, 0.717) is 24.6 Å². The largest absolute Gasteiger partial charge is 0.487 e. The number of ether oxygens (including phenoxy) is 1. The third-order valence-corrected chi connectivity index (χ3v) is 5.09. The van der Waals surface area contributed by atoms with Gasteiger partial charge in [0.15, 0.2) is 0 Å². The van der Waals surface area contributed by atoms with E-state index in [2.05, 4.69) is 0 Å². The predicted molar refractivity (Wildman–Crippen MR) is 74.3 cm³/mol. The fraction of sp³-hybridized carbons (Fsp3) is 0.615. The minimum Gasteiger partial charge on any atom is -0.487 e. The third kappa shape index (κ3) is 3.61. The Balaban J connectivity index is 1.92. The summed E-state index contributed by atoms with van der Waals surface area (Å²) in [6, 6.07) is 2.88. The van der Waals surface area contributed by atoms with Crippen LogP contribution in [0.2, 0.25) is 0 Å². The lowest BCUT2D eigenvalue weighted by atomic mass is 10.2. The topological polar surface area (TPSA) is 76.8 Å². The summed E-state index contributed by atoms with van der Waals surface area (Å²) in [6.45, 7) is 6.06. The van der Waals surface area contributed by atoms with E-state index in [-0.39, 0.29) is 17.8 Å². The summed E-state index contributed by atoms with van der Waals surface area (Å²) in [5.41, 5.74) is -0.469. The van der Waals surface area contributed by atoms with Crippen molar-refractivity contribution in [1.82, 2.24) is 4.31 Å². The van der Waals surface area contributed by atoms with Crippen molar-refractivity contribution in [3.63, 3.8) is 0 Å². The van der Waals surface area contributed by atoms with Crippen molar-refractivity contribution in [2.45, 2.75) is 26.9 Å². The van der Waals surface area contributed by atoms with E-state index in [0.717, 1.165) is 0 Å². The highest BCUT2D eigenvalue weighted by Crippen LogP contribution is 2.21.